The second-order valence-corrected chi connectivity index (χ2v) is 14.9. The first-order valence-corrected chi connectivity index (χ1v) is 14.0. The van der Waals surface area contributed by atoms with Crippen molar-refractivity contribution in [1.82, 2.24) is 4.90 Å². The van der Waals surface area contributed by atoms with E-state index in [-0.39, 0.29) is 53.0 Å². The van der Waals surface area contributed by atoms with E-state index in [0.29, 0.717) is 25.3 Å². The molecule has 3 rings (SSSR count). The molecule has 7 heteroatoms. The summed E-state index contributed by atoms with van der Waals surface area (Å²) in [6.07, 6.45) is 4.08. The van der Waals surface area contributed by atoms with Gasteiger partial charge in [-0.25, -0.2) is 0 Å². The number of fused-ring (bicyclic) bond motifs is 1. The molecule has 0 aromatic rings. The van der Waals surface area contributed by atoms with Gasteiger partial charge in [0.2, 0.25) is 11.7 Å². The first kappa shape index (κ1) is 29.5. The van der Waals surface area contributed by atoms with Crippen LogP contribution in [0.25, 0.3) is 0 Å². The SMILES string of the molecule is CC(C)(C)CC(=O)C[C@H](C(=O)N1C[C@H]2[C@@H](C1C(=O)CC(CC1CCC1)C(=O)C(N)=O)C2(C)C)C(C)(C)C. The van der Waals surface area contributed by atoms with Gasteiger partial charge in [0.15, 0.2) is 5.78 Å². The largest absolute Gasteiger partial charge is 0.363 e. The third-order valence-electron chi connectivity index (χ3n) is 9.23. The number of nitrogens with two attached hydrogens (primary N) is 1. The summed E-state index contributed by atoms with van der Waals surface area (Å²) >= 11 is 0. The molecule has 0 aromatic carbocycles. The molecule has 2 amide bonds. The van der Waals surface area contributed by atoms with Crippen LogP contribution < -0.4 is 5.73 Å². The van der Waals surface area contributed by atoms with Gasteiger partial charge >= 0.3 is 0 Å². The van der Waals surface area contributed by atoms with Crippen molar-refractivity contribution < 1.29 is 24.0 Å². The Bertz CT molecular complexity index is 950. The molecule has 2 unspecified atom stereocenters. The molecule has 3 fully saturated rings. The maximum Gasteiger partial charge on any atom is 0.285 e. The zero-order valence-corrected chi connectivity index (χ0v) is 24.2. The fourth-order valence-corrected chi connectivity index (χ4v) is 6.72. The summed E-state index contributed by atoms with van der Waals surface area (Å²) in [6, 6.07) is -0.625. The van der Waals surface area contributed by atoms with Gasteiger partial charge in [0.05, 0.1) is 6.04 Å². The van der Waals surface area contributed by atoms with E-state index >= 15 is 0 Å². The van der Waals surface area contributed by atoms with Crippen molar-refractivity contribution in [3.8, 4) is 0 Å². The average Bonchev–Trinajstić information content (AvgIpc) is 3.06. The lowest BCUT2D eigenvalue weighted by Gasteiger charge is -2.38. The van der Waals surface area contributed by atoms with Crippen molar-refractivity contribution in [2.75, 3.05) is 6.54 Å². The van der Waals surface area contributed by atoms with E-state index in [4.69, 9.17) is 5.73 Å². The van der Waals surface area contributed by atoms with E-state index in [1.807, 2.05) is 41.5 Å². The topological polar surface area (TPSA) is 115 Å². The van der Waals surface area contributed by atoms with Crippen molar-refractivity contribution in [3.05, 3.63) is 0 Å². The highest BCUT2D eigenvalue weighted by molar-refractivity contribution is 6.36. The Morgan fingerprint density at radius 3 is 2.03 bits per heavy atom. The predicted octanol–water partition coefficient (Wildman–Crippen LogP) is 4.35. The lowest BCUT2D eigenvalue weighted by molar-refractivity contribution is -0.148. The molecule has 1 aliphatic heterocycles. The van der Waals surface area contributed by atoms with Gasteiger partial charge in [-0.1, -0.05) is 74.7 Å². The standard InChI is InChI=1S/C30H48N2O5/c1-28(2,3)15-19(33)14-20(29(4,5)6)27(37)32-16-21-23(30(21,7)8)24(32)22(34)13-18(25(35)26(31)36)12-17-10-9-11-17/h17-18,20-21,23-24H,9-16H2,1-8H3,(H2,31,36)/t18?,20-,21+,23+,24?/m1/s1. The van der Waals surface area contributed by atoms with Gasteiger partial charge in [0.25, 0.3) is 5.91 Å². The van der Waals surface area contributed by atoms with Crippen LogP contribution in [0.5, 0.6) is 0 Å². The number of carbonyl (C=O) groups excluding carboxylic acids is 5. The molecule has 2 N–H and O–H groups in total. The zero-order valence-electron chi connectivity index (χ0n) is 24.2. The van der Waals surface area contributed by atoms with Crippen LogP contribution in [-0.2, 0) is 24.0 Å². The number of carbonyl (C=O) groups is 5. The number of likely N-dealkylation sites (tertiary alicyclic amines) is 1. The van der Waals surface area contributed by atoms with Gasteiger partial charge < -0.3 is 10.6 Å². The van der Waals surface area contributed by atoms with Crippen LogP contribution in [0.3, 0.4) is 0 Å². The van der Waals surface area contributed by atoms with Crippen molar-refractivity contribution in [2.45, 2.75) is 106 Å². The highest BCUT2D eigenvalue weighted by Crippen LogP contribution is 2.65. The molecule has 7 nitrogen and oxygen atoms in total. The van der Waals surface area contributed by atoms with Crippen LogP contribution in [0.1, 0.15) is 100 Å². The Balaban J connectivity index is 1.83. The second-order valence-electron chi connectivity index (χ2n) is 14.9. The maximum absolute atomic E-state index is 14.0. The Hall–Kier alpha value is -2.05. The van der Waals surface area contributed by atoms with Crippen LogP contribution in [0.15, 0.2) is 0 Å². The Labute approximate surface area is 222 Å². The molecular formula is C30H48N2O5. The number of hydrogen-bond donors (Lipinski definition) is 1. The second kappa shape index (κ2) is 10.3. The number of ketones is 3. The highest BCUT2D eigenvalue weighted by Gasteiger charge is 2.69. The van der Waals surface area contributed by atoms with Crippen LogP contribution in [0, 0.1) is 45.8 Å². The van der Waals surface area contributed by atoms with E-state index < -0.39 is 35.0 Å². The fraction of sp³-hybridized carbons (Fsp3) is 0.833. The lowest BCUT2D eigenvalue weighted by Crippen LogP contribution is -2.51. The predicted molar refractivity (Wildman–Crippen MR) is 142 cm³/mol. The van der Waals surface area contributed by atoms with Gasteiger partial charge in [-0.3, -0.25) is 24.0 Å². The first-order valence-electron chi connectivity index (χ1n) is 14.0. The summed E-state index contributed by atoms with van der Waals surface area (Å²) < 4.78 is 0. The third-order valence-corrected chi connectivity index (χ3v) is 9.23. The summed E-state index contributed by atoms with van der Waals surface area (Å²) in [7, 11) is 0. The number of rotatable bonds is 11. The summed E-state index contributed by atoms with van der Waals surface area (Å²) in [5, 5.41) is 0. The number of Topliss-reactive ketones (excluding diaryl/α,β-unsaturated/α-hetero) is 3. The molecule has 2 saturated carbocycles. The Morgan fingerprint density at radius 1 is 0.973 bits per heavy atom. The Kier molecular flexibility index (Phi) is 8.18. The van der Waals surface area contributed by atoms with Crippen LogP contribution in [0.4, 0.5) is 0 Å². The monoisotopic (exact) mass is 516 g/mol. The number of hydrogen-bond acceptors (Lipinski definition) is 5. The quantitative estimate of drug-likeness (QED) is 0.410. The molecule has 37 heavy (non-hydrogen) atoms. The number of amides is 2. The van der Waals surface area contributed by atoms with E-state index in [2.05, 4.69) is 13.8 Å². The summed E-state index contributed by atoms with van der Waals surface area (Å²) in [5.74, 6) is -2.58. The lowest BCUT2D eigenvalue weighted by atomic mass is 9.74. The minimum absolute atomic E-state index is 0.0304. The van der Waals surface area contributed by atoms with Gasteiger partial charge in [0.1, 0.15) is 5.78 Å². The number of primary amides is 1. The molecule has 1 saturated heterocycles. The smallest absolute Gasteiger partial charge is 0.285 e. The average molecular weight is 517 g/mol. The van der Waals surface area contributed by atoms with Crippen molar-refractivity contribution in [1.29, 1.82) is 0 Å². The molecule has 5 atom stereocenters. The zero-order chi connectivity index (χ0) is 28.1. The van der Waals surface area contributed by atoms with Crippen LogP contribution in [0.2, 0.25) is 0 Å². The highest BCUT2D eigenvalue weighted by atomic mass is 16.2. The summed E-state index contributed by atoms with van der Waals surface area (Å²) in [4.78, 5) is 66.9. The molecule has 2 aliphatic carbocycles. The van der Waals surface area contributed by atoms with E-state index in [0.717, 1.165) is 19.3 Å². The molecule has 208 valence electrons. The maximum atomic E-state index is 14.0. The minimum atomic E-state index is -0.994. The van der Waals surface area contributed by atoms with Gasteiger partial charge in [0, 0.05) is 37.6 Å². The normalized spacial score (nSPS) is 26.6. The molecule has 1 heterocycles. The van der Waals surface area contributed by atoms with E-state index in [1.54, 1.807) is 4.90 Å². The third kappa shape index (κ3) is 6.51. The summed E-state index contributed by atoms with van der Waals surface area (Å²) in [5.41, 5.74) is 4.66. The van der Waals surface area contributed by atoms with Crippen molar-refractivity contribution in [3.63, 3.8) is 0 Å². The molecule has 0 radical (unpaired) electrons. The number of nitrogens with zero attached hydrogens (tertiary/aromatic N) is 1. The van der Waals surface area contributed by atoms with Gasteiger partial charge in [-0.15, -0.1) is 0 Å². The van der Waals surface area contributed by atoms with E-state index in [9.17, 15) is 24.0 Å². The molecule has 3 aliphatic rings. The first-order chi connectivity index (χ1) is 16.8. The van der Waals surface area contributed by atoms with Crippen molar-refractivity contribution in [2.24, 2.45) is 51.6 Å². The minimum Gasteiger partial charge on any atom is -0.363 e. The van der Waals surface area contributed by atoms with Crippen LogP contribution in [-0.4, -0.2) is 46.7 Å². The Morgan fingerprint density at radius 2 is 1.57 bits per heavy atom. The molecular weight excluding hydrogens is 468 g/mol. The van der Waals surface area contributed by atoms with Gasteiger partial charge in [-0.2, -0.15) is 0 Å². The van der Waals surface area contributed by atoms with E-state index in [1.165, 1.54) is 0 Å². The fourth-order valence-electron chi connectivity index (χ4n) is 6.72. The van der Waals surface area contributed by atoms with Crippen LogP contribution >= 0.6 is 0 Å². The van der Waals surface area contributed by atoms with Gasteiger partial charge in [-0.05, 0) is 40.4 Å². The van der Waals surface area contributed by atoms with Crippen molar-refractivity contribution >= 4 is 29.2 Å². The molecule has 0 aromatic heterocycles. The molecule has 0 spiro atoms. The summed E-state index contributed by atoms with van der Waals surface area (Å²) in [6.45, 7) is 16.7. The number of piperidine rings is 1. The molecule has 0 bridgehead atoms.